The van der Waals surface area contributed by atoms with Crippen molar-refractivity contribution in [1.29, 1.82) is 5.26 Å². The molecule has 1 aromatic rings. The standard InChI is InChI=1S/C16H21N3O/c1-3-19(2)15(20)11-18-14-9-16(10-14,12-17)13-7-5-4-6-8-13/h4-8,14,18H,3,9-11H2,1-2H3. The van der Waals surface area contributed by atoms with Crippen LogP contribution in [0.2, 0.25) is 0 Å². The van der Waals surface area contributed by atoms with Gasteiger partial charge in [0.2, 0.25) is 5.91 Å². The molecule has 1 amide bonds. The van der Waals surface area contributed by atoms with E-state index in [1.807, 2.05) is 37.3 Å². The maximum absolute atomic E-state index is 11.7. The van der Waals surface area contributed by atoms with Crippen LogP contribution in [0.3, 0.4) is 0 Å². The lowest BCUT2D eigenvalue weighted by Gasteiger charge is -2.43. The summed E-state index contributed by atoms with van der Waals surface area (Å²) in [5.41, 5.74) is 0.705. The lowest BCUT2D eigenvalue weighted by molar-refractivity contribution is -0.129. The minimum Gasteiger partial charge on any atom is -0.345 e. The van der Waals surface area contributed by atoms with E-state index in [0.29, 0.717) is 6.54 Å². The van der Waals surface area contributed by atoms with Crippen LogP contribution in [0.25, 0.3) is 0 Å². The highest BCUT2D eigenvalue weighted by Crippen LogP contribution is 2.43. The van der Waals surface area contributed by atoms with Crippen molar-refractivity contribution in [3.63, 3.8) is 0 Å². The number of benzene rings is 1. The van der Waals surface area contributed by atoms with Gasteiger partial charge in [0.15, 0.2) is 0 Å². The summed E-state index contributed by atoms with van der Waals surface area (Å²) in [7, 11) is 1.80. The van der Waals surface area contributed by atoms with Crippen LogP contribution in [-0.2, 0) is 10.2 Å². The Labute approximate surface area is 120 Å². The Kier molecular flexibility index (Phi) is 4.41. The van der Waals surface area contributed by atoms with Crippen LogP contribution in [0.1, 0.15) is 25.3 Å². The van der Waals surface area contributed by atoms with Crippen molar-refractivity contribution < 1.29 is 4.79 Å². The largest absolute Gasteiger partial charge is 0.345 e. The Bertz CT molecular complexity index is 500. The first-order valence-electron chi connectivity index (χ1n) is 7.05. The molecule has 0 bridgehead atoms. The van der Waals surface area contributed by atoms with Crippen LogP contribution in [0.4, 0.5) is 0 Å². The summed E-state index contributed by atoms with van der Waals surface area (Å²) < 4.78 is 0. The molecular weight excluding hydrogens is 250 g/mol. The van der Waals surface area contributed by atoms with Crippen molar-refractivity contribution in [3.05, 3.63) is 35.9 Å². The van der Waals surface area contributed by atoms with E-state index in [4.69, 9.17) is 0 Å². The summed E-state index contributed by atoms with van der Waals surface area (Å²) in [6.07, 6.45) is 1.55. The summed E-state index contributed by atoms with van der Waals surface area (Å²) in [5, 5.41) is 12.7. The molecule has 20 heavy (non-hydrogen) atoms. The summed E-state index contributed by atoms with van der Waals surface area (Å²) >= 11 is 0. The van der Waals surface area contributed by atoms with Gasteiger partial charge in [-0.2, -0.15) is 5.26 Å². The van der Waals surface area contributed by atoms with E-state index in [1.54, 1.807) is 11.9 Å². The summed E-state index contributed by atoms with van der Waals surface area (Å²) in [6, 6.07) is 12.6. The van der Waals surface area contributed by atoms with E-state index in [0.717, 1.165) is 24.9 Å². The van der Waals surface area contributed by atoms with Gasteiger partial charge in [-0.1, -0.05) is 30.3 Å². The van der Waals surface area contributed by atoms with Crippen LogP contribution < -0.4 is 5.32 Å². The number of hydrogen-bond donors (Lipinski definition) is 1. The predicted molar refractivity (Wildman–Crippen MR) is 78.1 cm³/mol. The van der Waals surface area contributed by atoms with Crippen molar-refractivity contribution in [2.75, 3.05) is 20.1 Å². The average Bonchev–Trinajstić information content (AvgIpc) is 2.46. The first-order valence-corrected chi connectivity index (χ1v) is 7.05. The van der Waals surface area contributed by atoms with Gasteiger partial charge in [-0.25, -0.2) is 0 Å². The van der Waals surface area contributed by atoms with Crippen molar-refractivity contribution in [3.8, 4) is 6.07 Å². The van der Waals surface area contributed by atoms with Gasteiger partial charge < -0.3 is 10.2 Å². The SMILES string of the molecule is CCN(C)C(=O)CNC1CC(C#N)(c2ccccc2)C1. The number of amides is 1. The molecule has 1 saturated carbocycles. The zero-order valence-corrected chi connectivity index (χ0v) is 12.1. The quantitative estimate of drug-likeness (QED) is 0.886. The summed E-state index contributed by atoms with van der Waals surface area (Å²) in [5.74, 6) is 0.0988. The van der Waals surface area contributed by atoms with Crippen LogP contribution in [0.15, 0.2) is 30.3 Å². The van der Waals surface area contributed by atoms with Gasteiger partial charge in [-0.3, -0.25) is 4.79 Å². The third-order valence-electron chi connectivity index (χ3n) is 4.17. The Hall–Kier alpha value is -1.86. The monoisotopic (exact) mass is 271 g/mol. The number of nitrogens with zero attached hydrogens (tertiary/aromatic N) is 2. The molecule has 0 aliphatic heterocycles. The van der Waals surface area contributed by atoms with Crippen molar-refractivity contribution >= 4 is 5.91 Å². The molecule has 1 aliphatic rings. The first kappa shape index (κ1) is 14.5. The van der Waals surface area contributed by atoms with E-state index >= 15 is 0 Å². The molecule has 0 saturated heterocycles. The molecule has 1 aromatic carbocycles. The topological polar surface area (TPSA) is 56.1 Å². The van der Waals surface area contributed by atoms with E-state index in [2.05, 4.69) is 11.4 Å². The number of nitriles is 1. The lowest BCUT2D eigenvalue weighted by Crippen LogP contribution is -2.53. The normalized spacial score (nSPS) is 24.6. The molecule has 0 aromatic heterocycles. The number of hydrogen-bond acceptors (Lipinski definition) is 3. The molecule has 4 heteroatoms. The molecule has 0 radical (unpaired) electrons. The number of likely N-dealkylation sites (N-methyl/N-ethyl adjacent to an activating group) is 1. The molecular formula is C16H21N3O. The van der Waals surface area contributed by atoms with E-state index in [1.165, 1.54) is 0 Å². The number of carbonyl (C=O) groups excluding carboxylic acids is 1. The Morgan fingerprint density at radius 2 is 2.10 bits per heavy atom. The van der Waals surface area contributed by atoms with Gasteiger partial charge in [0, 0.05) is 19.6 Å². The molecule has 1 fully saturated rings. The maximum Gasteiger partial charge on any atom is 0.236 e. The summed E-state index contributed by atoms with van der Waals surface area (Å²) in [4.78, 5) is 13.4. The summed E-state index contributed by atoms with van der Waals surface area (Å²) in [6.45, 7) is 3.03. The van der Waals surface area contributed by atoms with Gasteiger partial charge in [-0.05, 0) is 25.3 Å². The number of rotatable bonds is 5. The highest BCUT2D eigenvalue weighted by atomic mass is 16.2. The molecule has 1 N–H and O–H groups in total. The molecule has 0 atom stereocenters. The fourth-order valence-corrected chi connectivity index (χ4v) is 2.62. The molecule has 0 unspecified atom stereocenters. The van der Waals surface area contributed by atoms with Crippen LogP contribution in [0, 0.1) is 11.3 Å². The van der Waals surface area contributed by atoms with Crippen molar-refractivity contribution in [2.24, 2.45) is 0 Å². The third kappa shape index (κ3) is 2.83. The highest BCUT2D eigenvalue weighted by molar-refractivity contribution is 5.77. The third-order valence-corrected chi connectivity index (χ3v) is 4.17. The maximum atomic E-state index is 11.7. The molecule has 4 nitrogen and oxygen atoms in total. The minimum atomic E-state index is -0.376. The second-order valence-electron chi connectivity index (χ2n) is 5.45. The van der Waals surface area contributed by atoms with Gasteiger partial charge in [0.1, 0.15) is 0 Å². The fourth-order valence-electron chi connectivity index (χ4n) is 2.62. The second-order valence-corrected chi connectivity index (χ2v) is 5.45. The Balaban J connectivity index is 1.87. The Morgan fingerprint density at radius 3 is 2.65 bits per heavy atom. The zero-order chi connectivity index (χ0) is 14.6. The van der Waals surface area contributed by atoms with Gasteiger partial charge in [0.05, 0.1) is 18.0 Å². The highest BCUT2D eigenvalue weighted by Gasteiger charge is 2.45. The van der Waals surface area contributed by atoms with Gasteiger partial charge in [0.25, 0.3) is 0 Å². The van der Waals surface area contributed by atoms with E-state index in [9.17, 15) is 10.1 Å². The zero-order valence-electron chi connectivity index (χ0n) is 12.1. The van der Waals surface area contributed by atoms with Crippen LogP contribution in [-0.4, -0.2) is 37.0 Å². The average molecular weight is 271 g/mol. The van der Waals surface area contributed by atoms with Crippen molar-refractivity contribution in [1.82, 2.24) is 10.2 Å². The second kappa shape index (κ2) is 6.06. The van der Waals surface area contributed by atoms with Crippen LogP contribution in [0.5, 0.6) is 0 Å². The Morgan fingerprint density at radius 1 is 1.45 bits per heavy atom. The lowest BCUT2D eigenvalue weighted by atomic mass is 9.62. The van der Waals surface area contributed by atoms with E-state index in [-0.39, 0.29) is 17.4 Å². The van der Waals surface area contributed by atoms with Crippen LogP contribution >= 0.6 is 0 Å². The van der Waals surface area contributed by atoms with Crippen molar-refractivity contribution in [2.45, 2.75) is 31.2 Å². The predicted octanol–water partition coefficient (Wildman–Crippen LogP) is 1.68. The molecule has 0 spiro atoms. The van der Waals surface area contributed by atoms with E-state index < -0.39 is 0 Å². The molecule has 1 aliphatic carbocycles. The first-order chi connectivity index (χ1) is 9.61. The molecule has 2 rings (SSSR count). The molecule has 106 valence electrons. The minimum absolute atomic E-state index is 0.0988. The number of nitrogens with one attached hydrogen (secondary N) is 1. The van der Waals surface area contributed by atoms with Gasteiger partial charge >= 0.3 is 0 Å². The van der Waals surface area contributed by atoms with Gasteiger partial charge in [-0.15, -0.1) is 0 Å². The fraction of sp³-hybridized carbons (Fsp3) is 0.500. The molecule has 0 heterocycles. The smallest absolute Gasteiger partial charge is 0.236 e. The number of carbonyl (C=O) groups is 1.